The van der Waals surface area contributed by atoms with Gasteiger partial charge < -0.3 is 14.1 Å². The van der Waals surface area contributed by atoms with E-state index >= 15 is 0 Å². The molecule has 1 N–H and O–H groups in total. The molecule has 9 heteroatoms. The lowest BCUT2D eigenvalue weighted by molar-refractivity contribution is -0.116. The summed E-state index contributed by atoms with van der Waals surface area (Å²) >= 11 is 5.88. The van der Waals surface area contributed by atoms with Gasteiger partial charge in [-0.05, 0) is 30.2 Å². The Balaban J connectivity index is 1.90. The van der Waals surface area contributed by atoms with Crippen molar-refractivity contribution in [1.29, 1.82) is 0 Å². The lowest BCUT2D eigenvalue weighted by Gasteiger charge is -2.17. The minimum absolute atomic E-state index is 0.0229. The molecule has 0 unspecified atom stereocenters. The highest BCUT2D eigenvalue weighted by Gasteiger charge is 2.25. The normalized spacial score (nSPS) is 14.4. The summed E-state index contributed by atoms with van der Waals surface area (Å²) in [6.45, 7) is 0. The van der Waals surface area contributed by atoms with E-state index in [-0.39, 0.29) is 21.8 Å². The first-order valence-corrected chi connectivity index (χ1v) is 8.19. The number of aromatic nitrogens is 2. The van der Waals surface area contributed by atoms with Gasteiger partial charge in [0.15, 0.2) is 5.15 Å². The van der Waals surface area contributed by atoms with Gasteiger partial charge >= 0.3 is 10.1 Å². The molecule has 2 heterocycles. The first-order chi connectivity index (χ1) is 10.4. The van der Waals surface area contributed by atoms with Gasteiger partial charge in [0, 0.05) is 19.2 Å². The molecule has 1 aliphatic rings. The largest absolute Gasteiger partial charge is 0.378 e. The summed E-state index contributed by atoms with van der Waals surface area (Å²) in [5.74, 6) is 0.0886. The molecular formula is C13H12ClN3O4S. The topological polar surface area (TPSA) is 90.3 Å². The summed E-state index contributed by atoms with van der Waals surface area (Å²) in [4.78, 5) is 15.0. The summed E-state index contributed by atoms with van der Waals surface area (Å²) < 4.78 is 30.9. The van der Waals surface area contributed by atoms with Crippen molar-refractivity contribution in [3.63, 3.8) is 0 Å². The zero-order chi connectivity index (χ0) is 15.9. The van der Waals surface area contributed by atoms with Crippen LogP contribution in [0, 0.1) is 0 Å². The number of amides is 1. The molecule has 1 aromatic heterocycles. The van der Waals surface area contributed by atoms with E-state index in [2.05, 4.69) is 10.3 Å². The van der Waals surface area contributed by atoms with E-state index < -0.39 is 10.1 Å². The van der Waals surface area contributed by atoms with E-state index in [1.54, 1.807) is 19.2 Å². The number of hydrogen-bond acceptors (Lipinski definition) is 5. The second kappa shape index (κ2) is 5.29. The minimum atomic E-state index is -4.11. The average Bonchev–Trinajstić information content (AvgIpc) is 2.79. The van der Waals surface area contributed by atoms with Crippen molar-refractivity contribution in [1.82, 2.24) is 9.55 Å². The SMILES string of the molecule is Cn1cnc(S(=O)(=O)Oc2ccc3c(c2)CCC(=O)N3)c1Cl. The summed E-state index contributed by atoms with van der Waals surface area (Å²) in [5.41, 5.74) is 1.48. The number of carbonyl (C=O) groups excluding carboxylic acids is 1. The molecule has 0 spiro atoms. The van der Waals surface area contributed by atoms with Gasteiger partial charge in [-0.25, -0.2) is 4.98 Å². The van der Waals surface area contributed by atoms with Gasteiger partial charge in [-0.3, -0.25) is 4.79 Å². The third kappa shape index (κ3) is 2.67. The molecule has 1 amide bonds. The molecule has 3 rings (SSSR count). The molecule has 1 aromatic carbocycles. The Labute approximate surface area is 132 Å². The lowest BCUT2D eigenvalue weighted by atomic mass is 10.0. The number of benzene rings is 1. The lowest BCUT2D eigenvalue weighted by Crippen LogP contribution is -2.19. The molecule has 0 radical (unpaired) electrons. The molecule has 0 atom stereocenters. The second-order valence-electron chi connectivity index (χ2n) is 4.86. The van der Waals surface area contributed by atoms with E-state index in [1.165, 1.54) is 17.0 Å². The van der Waals surface area contributed by atoms with Crippen LogP contribution in [0.4, 0.5) is 5.69 Å². The molecule has 0 bridgehead atoms. The van der Waals surface area contributed by atoms with Crippen molar-refractivity contribution in [3.8, 4) is 5.75 Å². The van der Waals surface area contributed by atoms with E-state index in [0.717, 1.165) is 5.56 Å². The second-order valence-corrected chi connectivity index (χ2v) is 6.68. The summed E-state index contributed by atoms with van der Waals surface area (Å²) in [6.07, 6.45) is 2.18. The van der Waals surface area contributed by atoms with Crippen LogP contribution in [0.5, 0.6) is 5.75 Å². The van der Waals surface area contributed by atoms with Crippen LogP contribution in [0.3, 0.4) is 0 Å². The molecule has 22 heavy (non-hydrogen) atoms. The van der Waals surface area contributed by atoms with Crippen molar-refractivity contribution in [2.45, 2.75) is 17.9 Å². The number of fused-ring (bicyclic) bond motifs is 1. The van der Waals surface area contributed by atoms with Gasteiger partial charge in [0.1, 0.15) is 5.75 Å². The number of anilines is 1. The highest BCUT2D eigenvalue weighted by atomic mass is 35.5. The van der Waals surface area contributed by atoms with E-state index in [0.29, 0.717) is 18.5 Å². The van der Waals surface area contributed by atoms with Crippen LogP contribution in [-0.4, -0.2) is 23.9 Å². The van der Waals surface area contributed by atoms with Crippen molar-refractivity contribution in [2.24, 2.45) is 7.05 Å². The number of aryl methyl sites for hydroxylation is 2. The third-order valence-corrected chi connectivity index (χ3v) is 4.99. The molecule has 2 aromatic rings. The number of rotatable bonds is 3. The van der Waals surface area contributed by atoms with Crippen LogP contribution in [0.2, 0.25) is 5.15 Å². The van der Waals surface area contributed by atoms with Crippen LogP contribution in [0.15, 0.2) is 29.6 Å². The van der Waals surface area contributed by atoms with Gasteiger partial charge in [-0.15, -0.1) is 0 Å². The van der Waals surface area contributed by atoms with Crippen LogP contribution in [0.1, 0.15) is 12.0 Å². The molecule has 7 nitrogen and oxygen atoms in total. The van der Waals surface area contributed by atoms with Crippen molar-refractivity contribution < 1.29 is 17.4 Å². The fraction of sp³-hybridized carbons (Fsp3) is 0.231. The molecule has 0 fully saturated rings. The molecule has 116 valence electrons. The van der Waals surface area contributed by atoms with Gasteiger partial charge in [0.05, 0.1) is 6.33 Å². The number of imidazole rings is 1. The van der Waals surface area contributed by atoms with Crippen molar-refractivity contribution in [3.05, 3.63) is 35.2 Å². The molecular weight excluding hydrogens is 330 g/mol. The maximum absolute atomic E-state index is 12.2. The average molecular weight is 342 g/mol. The van der Waals surface area contributed by atoms with Crippen LogP contribution in [-0.2, 0) is 28.4 Å². The minimum Gasteiger partial charge on any atom is -0.378 e. The molecule has 1 aliphatic heterocycles. The Morgan fingerprint density at radius 1 is 1.36 bits per heavy atom. The van der Waals surface area contributed by atoms with Gasteiger partial charge in [0.2, 0.25) is 10.9 Å². The van der Waals surface area contributed by atoms with Gasteiger partial charge in [-0.2, -0.15) is 8.42 Å². The fourth-order valence-corrected chi connectivity index (χ4v) is 3.48. The summed E-state index contributed by atoms with van der Waals surface area (Å²) in [6, 6.07) is 4.67. The van der Waals surface area contributed by atoms with Gasteiger partial charge in [-0.1, -0.05) is 11.6 Å². The van der Waals surface area contributed by atoms with Crippen LogP contribution >= 0.6 is 11.6 Å². The monoisotopic (exact) mass is 341 g/mol. The summed E-state index contributed by atoms with van der Waals surface area (Å²) in [7, 11) is -2.53. The Morgan fingerprint density at radius 2 is 2.14 bits per heavy atom. The van der Waals surface area contributed by atoms with E-state index in [9.17, 15) is 13.2 Å². The Kier molecular flexibility index (Phi) is 3.57. The zero-order valence-corrected chi connectivity index (χ0v) is 13.1. The maximum atomic E-state index is 12.2. The van der Waals surface area contributed by atoms with Crippen LogP contribution in [0.25, 0.3) is 0 Å². The summed E-state index contributed by atoms with van der Waals surface area (Å²) in [5, 5.41) is 2.36. The Bertz CT molecular complexity index is 860. The first-order valence-electron chi connectivity index (χ1n) is 6.41. The zero-order valence-electron chi connectivity index (χ0n) is 11.5. The fourth-order valence-electron chi connectivity index (χ4n) is 2.14. The number of hydrogen-bond donors (Lipinski definition) is 1. The predicted molar refractivity (Wildman–Crippen MR) is 79.4 cm³/mol. The standard InChI is InChI=1S/C13H12ClN3O4S/c1-17-7-15-13(12(17)14)22(19,20)21-9-3-4-10-8(6-9)2-5-11(18)16-10/h3-4,6-7H,2,5H2,1H3,(H,16,18). The number of nitrogens with one attached hydrogen (secondary N) is 1. The number of halogens is 1. The predicted octanol–water partition coefficient (Wildman–Crippen LogP) is 1.73. The van der Waals surface area contributed by atoms with Crippen molar-refractivity contribution in [2.75, 3.05) is 5.32 Å². The molecule has 0 aliphatic carbocycles. The molecule has 0 saturated heterocycles. The Hall–Kier alpha value is -2.06. The highest BCUT2D eigenvalue weighted by molar-refractivity contribution is 7.87. The highest BCUT2D eigenvalue weighted by Crippen LogP contribution is 2.29. The Morgan fingerprint density at radius 3 is 2.82 bits per heavy atom. The van der Waals surface area contributed by atoms with Gasteiger partial charge in [0.25, 0.3) is 0 Å². The third-order valence-electron chi connectivity index (χ3n) is 3.25. The number of nitrogens with zero attached hydrogens (tertiary/aromatic N) is 2. The number of carbonyl (C=O) groups is 1. The van der Waals surface area contributed by atoms with E-state index in [4.69, 9.17) is 15.8 Å². The smallest absolute Gasteiger partial charge is 0.360 e. The van der Waals surface area contributed by atoms with E-state index in [1.807, 2.05) is 0 Å². The van der Waals surface area contributed by atoms with Crippen LogP contribution < -0.4 is 9.50 Å². The maximum Gasteiger partial charge on any atom is 0.360 e. The van der Waals surface area contributed by atoms with Crippen molar-refractivity contribution >= 4 is 33.3 Å². The first kappa shape index (κ1) is 14.9. The molecule has 0 saturated carbocycles. The quantitative estimate of drug-likeness (QED) is 0.858.